The quantitative estimate of drug-likeness (QED) is 0.406. The third kappa shape index (κ3) is 2.39. The monoisotopic (exact) mass is 338 g/mol. The van der Waals surface area contributed by atoms with Gasteiger partial charge in [0.25, 0.3) is 0 Å². The second-order valence-corrected chi connectivity index (χ2v) is 7.64. The largest absolute Gasteiger partial charge is 0.361 e. The zero-order valence-electron chi connectivity index (χ0n) is 14.2. The van der Waals surface area contributed by atoms with Crippen molar-refractivity contribution in [2.45, 2.75) is 37.6 Å². The summed E-state index contributed by atoms with van der Waals surface area (Å²) in [6.07, 6.45) is 4.75. The van der Waals surface area contributed by atoms with E-state index in [1.54, 1.807) is 0 Å². The summed E-state index contributed by atoms with van der Waals surface area (Å²) in [6.45, 7) is 20.2. The number of fused-ring (bicyclic) bond motifs is 1. The molecular formula is C21H23ClN2. The molecule has 0 amide bonds. The van der Waals surface area contributed by atoms with Crippen LogP contribution in [-0.4, -0.2) is 16.4 Å². The number of aromatic nitrogens is 1. The predicted octanol–water partition coefficient (Wildman–Crippen LogP) is 5.94. The summed E-state index contributed by atoms with van der Waals surface area (Å²) in [5, 5.41) is 1.07. The first-order chi connectivity index (χ1) is 11.4. The standard InChI is InChI=1S/C21H23ClN2/c1-6-21(4)18(22)11-15(13(2)3)19(20(21)23-5)16-12-24-17-10-8-7-9-14(16)17/h6-10,12,15,18-20,24H,1-2,11H2,3-4H3/t15-,18-,19+,20-,21-/m1/s1. The van der Waals surface area contributed by atoms with Crippen molar-refractivity contribution in [3.63, 3.8) is 0 Å². The summed E-state index contributed by atoms with van der Waals surface area (Å²) in [5.41, 5.74) is 2.97. The van der Waals surface area contributed by atoms with Crippen molar-refractivity contribution < 1.29 is 0 Å². The predicted molar refractivity (Wildman–Crippen MR) is 102 cm³/mol. The average Bonchev–Trinajstić information content (AvgIpc) is 3.00. The molecule has 1 aliphatic carbocycles. The highest BCUT2D eigenvalue weighted by atomic mass is 35.5. The van der Waals surface area contributed by atoms with Gasteiger partial charge in [-0.3, -0.25) is 0 Å². The van der Waals surface area contributed by atoms with Gasteiger partial charge in [-0.2, -0.15) is 0 Å². The van der Waals surface area contributed by atoms with Gasteiger partial charge in [0, 0.05) is 17.1 Å². The number of para-hydroxylation sites is 1. The van der Waals surface area contributed by atoms with Crippen molar-refractivity contribution >= 4 is 22.5 Å². The number of nitrogens with one attached hydrogen (secondary N) is 1. The minimum atomic E-state index is -0.418. The van der Waals surface area contributed by atoms with Crippen LogP contribution in [0.4, 0.5) is 0 Å². The molecule has 1 saturated carbocycles. The third-order valence-electron chi connectivity index (χ3n) is 5.74. The molecule has 2 aromatic rings. The molecule has 1 heterocycles. The molecule has 0 spiro atoms. The lowest BCUT2D eigenvalue weighted by molar-refractivity contribution is 0.202. The average molecular weight is 339 g/mol. The molecular weight excluding hydrogens is 316 g/mol. The van der Waals surface area contributed by atoms with Gasteiger partial charge in [-0.25, -0.2) is 6.57 Å². The summed E-state index contributed by atoms with van der Waals surface area (Å²) in [6, 6.07) is 8.00. The Balaban J connectivity index is 2.21. The molecule has 0 aliphatic heterocycles. The van der Waals surface area contributed by atoms with Crippen molar-refractivity contribution in [1.29, 1.82) is 0 Å². The van der Waals surface area contributed by atoms with E-state index in [1.165, 1.54) is 10.9 Å². The molecule has 3 rings (SSSR count). The first-order valence-electron chi connectivity index (χ1n) is 8.29. The van der Waals surface area contributed by atoms with Crippen LogP contribution < -0.4 is 0 Å². The summed E-state index contributed by atoms with van der Waals surface area (Å²) >= 11 is 6.72. The van der Waals surface area contributed by atoms with Crippen LogP contribution >= 0.6 is 11.6 Å². The number of rotatable bonds is 3. The maximum absolute atomic E-state index is 7.90. The number of halogens is 1. The molecule has 1 fully saturated rings. The Morgan fingerprint density at radius 1 is 1.46 bits per heavy atom. The topological polar surface area (TPSA) is 20.1 Å². The first kappa shape index (κ1) is 16.9. The van der Waals surface area contributed by atoms with E-state index < -0.39 is 5.41 Å². The molecule has 1 aromatic heterocycles. The van der Waals surface area contributed by atoms with Gasteiger partial charge >= 0.3 is 0 Å². The SMILES string of the molecule is [C-]#[N+][C@@H]1[C@H](c2c[nH]c3ccccc23)[C@@H](C(=C)C)C[C@@H](Cl)[C@@]1(C)C=C. The van der Waals surface area contributed by atoms with Crippen molar-refractivity contribution in [2.75, 3.05) is 0 Å². The maximum Gasteiger partial charge on any atom is 0.241 e. The van der Waals surface area contributed by atoms with Gasteiger partial charge in [-0.05, 0) is 37.8 Å². The zero-order valence-corrected chi connectivity index (χ0v) is 15.0. The lowest BCUT2D eigenvalue weighted by Crippen LogP contribution is -2.48. The smallest absolute Gasteiger partial charge is 0.241 e. The highest BCUT2D eigenvalue weighted by Crippen LogP contribution is 2.54. The molecule has 0 saturated heterocycles. The number of alkyl halides is 1. The number of hydrogen-bond acceptors (Lipinski definition) is 0. The summed E-state index contributed by atoms with van der Waals surface area (Å²) < 4.78 is 0. The number of allylic oxidation sites excluding steroid dienone is 1. The Labute approximate surface area is 149 Å². The molecule has 24 heavy (non-hydrogen) atoms. The van der Waals surface area contributed by atoms with Gasteiger partial charge in [0.05, 0.1) is 16.7 Å². The van der Waals surface area contributed by atoms with Gasteiger partial charge < -0.3 is 9.83 Å². The molecule has 5 atom stereocenters. The van der Waals surface area contributed by atoms with Crippen molar-refractivity contribution in [3.8, 4) is 0 Å². The second kappa shape index (κ2) is 6.15. The fourth-order valence-corrected chi connectivity index (χ4v) is 4.56. The van der Waals surface area contributed by atoms with Crippen LogP contribution in [0.3, 0.4) is 0 Å². The van der Waals surface area contributed by atoms with Gasteiger partial charge in [-0.1, -0.05) is 36.4 Å². The van der Waals surface area contributed by atoms with Crippen LogP contribution in [-0.2, 0) is 0 Å². The maximum atomic E-state index is 7.90. The van der Waals surface area contributed by atoms with E-state index >= 15 is 0 Å². The Bertz CT molecular complexity index is 828. The minimum absolute atomic E-state index is 0.0640. The van der Waals surface area contributed by atoms with E-state index in [0.29, 0.717) is 0 Å². The van der Waals surface area contributed by atoms with Gasteiger partial charge in [0.2, 0.25) is 6.04 Å². The van der Waals surface area contributed by atoms with E-state index in [2.05, 4.69) is 48.2 Å². The number of benzene rings is 1. The van der Waals surface area contributed by atoms with E-state index in [1.807, 2.05) is 25.1 Å². The lowest BCUT2D eigenvalue weighted by atomic mass is 9.59. The normalized spacial score (nSPS) is 33.1. The fourth-order valence-electron chi connectivity index (χ4n) is 4.15. The van der Waals surface area contributed by atoms with Gasteiger partial charge in [0.1, 0.15) is 0 Å². The molecule has 3 heteroatoms. The van der Waals surface area contributed by atoms with E-state index in [4.69, 9.17) is 18.2 Å². The van der Waals surface area contributed by atoms with Crippen LogP contribution in [0.25, 0.3) is 15.7 Å². The number of hydrogen-bond donors (Lipinski definition) is 1. The summed E-state index contributed by atoms with van der Waals surface area (Å²) in [7, 11) is 0. The van der Waals surface area contributed by atoms with Crippen LogP contribution in [0.1, 0.15) is 31.7 Å². The summed E-state index contributed by atoms with van der Waals surface area (Å²) in [4.78, 5) is 7.39. The highest BCUT2D eigenvalue weighted by molar-refractivity contribution is 6.21. The number of H-pyrrole nitrogens is 1. The van der Waals surface area contributed by atoms with E-state index in [9.17, 15) is 0 Å². The van der Waals surface area contributed by atoms with E-state index in [0.717, 1.165) is 17.5 Å². The molecule has 1 N–H and O–H groups in total. The molecule has 1 aliphatic rings. The Morgan fingerprint density at radius 2 is 2.17 bits per heavy atom. The van der Waals surface area contributed by atoms with Crippen LogP contribution in [0.2, 0.25) is 0 Å². The molecule has 0 unspecified atom stereocenters. The van der Waals surface area contributed by atoms with Crippen LogP contribution in [0.15, 0.2) is 55.3 Å². The van der Waals surface area contributed by atoms with Gasteiger partial charge in [-0.15, -0.1) is 18.2 Å². The Hall–Kier alpha value is -1.98. The van der Waals surface area contributed by atoms with Gasteiger partial charge in [0.15, 0.2) is 0 Å². The third-order valence-corrected chi connectivity index (χ3v) is 6.39. The number of aromatic amines is 1. The number of nitrogens with zero attached hydrogens (tertiary/aromatic N) is 1. The van der Waals surface area contributed by atoms with E-state index in [-0.39, 0.29) is 23.3 Å². The Morgan fingerprint density at radius 3 is 2.79 bits per heavy atom. The minimum Gasteiger partial charge on any atom is -0.361 e. The molecule has 0 bridgehead atoms. The van der Waals surface area contributed by atoms with Crippen molar-refractivity contribution in [3.05, 3.63) is 72.2 Å². The molecule has 0 radical (unpaired) electrons. The van der Waals surface area contributed by atoms with Crippen molar-refractivity contribution in [2.24, 2.45) is 11.3 Å². The first-order valence-corrected chi connectivity index (χ1v) is 8.73. The molecule has 2 nitrogen and oxygen atoms in total. The zero-order chi connectivity index (χ0) is 17.5. The lowest BCUT2D eigenvalue weighted by Gasteiger charge is -2.45. The fraction of sp³-hybridized carbons (Fsp3) is 0.381. The highest BCUT2D eigenvalue weighted by Gasteiger charge is 2.55. The van der Waals surface area contributed by atoms with Crippen LogP contribution in [0.5, 0.6) is 0 Å². The second-order valence-electron chi connectivity index (χ2n) is 7.12. The van der Waals surface area contributed by atoms with Crippen molar-refractivity contribution in [1.82, 2.24) is 4.98 Å². The molecule has 1 aromatic carbocycles. The van der Waals surface area contributed by atoms with Crippen LogP contribution in [0, 0.1) is 17.9 Å². The Kier molecular flexibility index (Phi) is 4.32. The summed E-state index contributed by atoms with van der Waals surface area (Å²) in [5.74, 6) is 0.257. The molecule has 124 valence electrons.